The topological polar surface area (TPSA) is 29.5 Å². The van der Waals surface area contributed by atoms with Crippen LogP contribution in [0.1, 0.15) is 80.6 Å². The van der Waals surface area contributed by atoms with Crippen molar-refractivity contribution in [1.29, 1.82) is 0 Å². The van der Waals surface area contributed by atoms with Crippen LogP contribution in [0.2, 0.25) is 0 Å². The van der Waals surface area contributed by atoms with Crippen LogP contribution in [0, 0.1) is 17.8 Å². The number of piperidine rings is 1. The van der Waals surface area contributed by atoms with Gasteiger partial charge in [-0.15, -0.1) is 0 Å². The van der Waals surface area contributed by atoms with Crippen molar-refractivity contribution in [3.05, 3.63) is 23.5 Å². The Bertz CT molecular complexity index is 569. The summed E-state index contributed by atoms with van der Waals surface area (Å²) in [6.45, 7) is 15.6. The number of ether oxygens (including phenoxy) is 1. The van der Waals surface area contributed by atoms with E-state index in [-0.39, 0.29) is 28.8 Å². The summed E-state index contributed by atoms with van der Waals surface area (Å²) in [5.74, 6) is 2.22. The molecule has 1 aliphatic carbocycles. The summed E-state index contributed by atoms with van der Waals surface area (Å²) in [6.07, 6.45) is 9.46. The fourth-order valence-electron chi connectivity index (χ4n) is 5.32. The average molecular weight is 362 g/mol. The Balaban J connectivity index is 2.50. The van der Waals surface area contributed by atoms with Crippen LogP contribution in [0.25, 0.3) is 0 Å². The normalized spacial score (nSPS) is 28.8. The van der Waals surface area contributed by atoms with Gasteiger partial charge in [0.1, 0.15) is 0 Å². The van der Waals surface area contributed by atoms with Gasteiger partial charge in [-0.3, -0.25) is 4.79 Å². The number of allylic oxidation sites excluding steroid dienone is 3. The summed E-state index contributed by atoms with van der Waals surface area (Å²) in [4.78, 5) is 16.0. The first-order chi connectivity index (χ1) is 12.1. The van der Waals surface area contributed by atoms with E-state index in [2.05, 4.69) is 53.4 Å². The SMILES string of the molecule is CCC(C)[C@H]1C(C(=O)N2C(C)(C)CCCC2(C)C)=CC=C(OC)[C@@H]1CC. The maximum Gasteiger partial charge on any atom is 0.250 e. The molecule has 0 bridgehead atoms. The third-order valence-corrected chi connectivity index (χ3v) is 6.76. The van der Waals surface area contributed by atoms with Crippen molar-refractivity contribution in [3.8, 4) is 0 Å². The average Bonchev–Trinajstić information content (AvgIpc) is 2.57. The number of likely N-dealkylation sites (tertiary alicyclic amines) is 1. The Morgan fingerprint density at radius 2 is 1.77 bits per heavy atom. The molecule has 3 heteroatoms. The minimum absolute atomic E-state index is 0.105. The molecule has 2 rings (SSSR count). The molecule has 3 atom stereocenters. The van der Waals surface area contributed by atoms with Gasteiger partial charge in [0.15, 0.2) is 0 Å². The van der Waals surface area contributed by atoms with E-state index in [1.807, 2.05) is 12.2 Å². The van der Waals surface area contributed by atoms with Crippen molar-refractivity contribution >= 4 is 5.91 Å². The Kier molecular flexibility index (Phi) is 6.30. The van der Waals surface area contributed by atoms with Gasteiger partial charge < -0.3 is 9.64 Å². The van der Waals surface area contributed by atoms with Crippen molar-refractivity contribution in [2.45, 2.75) is 91.6 Å². The molecule has 0 aromatic rings. The number of methoxy groups -OCH3 is 1. The van der Waals surface area contributed by atoms with Crippen molar-refractivity contribution in [1.82, 2.24) is 4.90 Å². The first-order valence-corrected chi connectivity index (χ1v) is 10.4. The summed E-state index contributed by atoms with van der Waals surface area (Å²) in [5.41, 5.74) is 0.772. The van der Waals surface area contributed by atoms with E-state index < -0.39 is 0 Å². The maximum atomic E-state index is 13.9. The van der Waals surface area contributed by atoms with E-state index in [1.54, 1.807) is 7.11 Å². The third kappa shape index (κ3) is 3.73. The summed E-state index contributed by atoms with van der Waals surface area (Å²) in [5, 5.41) is 0. The Hall–Kier alpha value is -1.25. The van der Waals surface area contributed by atoms with Crippen molar-refractivity contribution < 1.29 is 9.53 Å². The predicted octanol–water partition coefficient (Wildman–Crippen LogP) is 5.71. The molecule has 1 heterocycles. The second kappa shape index (κ2) is 7.78. The number of amides is 1. The molecule has 0 saturated carbocycles. The van der Waals surface area contributed by atoms with Gasteiger partial charge in [0.05, 0.1) is 12.9 Å². The van der Waals surface area contributed by atoms with E-state index in [4.69, 9.17) is 4.74 Å². The minimum atomic E-state index is -0.105. The molecule has 148 valence electrons. The summed E-state index contributed by atoms with van der Waals surface area (Å²) >= 11 is 0. The largest absolute Gasteiger partial charge is 0.501 e. The fraction of sp³-hybridized carbons (Fsp3) is 0.783. The standard InChI is InChI=1S/C23H39NO2/c1-9-16(3)20-17(10-2)19(26-8)13-12-18(20)21(25)24-22(4,5)14-11-15-23(24,6)7/h12-13,16-17,20H,9-11,14-15H2,1-8H3/t16?,17-,20+/m0/s1. The van der Waals surface area contributed by atoms with Gasteiger partial charge in [-0.05, 0) is 71.4 Å². The molecule has 3 nitrogen and oxygen atoms in total. The molecule has 0 spiro atoms. The van der Waals surface area contributed by atoms with Crippen LogP contribution in [0.3, 0.4) is 0 Å². The lowest BCUT2D eigenvalue weighted by Crippen LogP contribution is -2.61. The zero-order valence-electron chi connectivity index (χ0n) is 18.2. The van der Waals surface area contributed by atoms with E-state index in [0.29, 0.717) is 5.92 Å². The molecule has 1 aliphatic heterocycles. The predicted molar refractivity (Wildman–Crippen MR) is 109 cm³/mol. The van der Waals surface area contributed by atoms with E-state index in [0.717, 1.165) is 37.0 Å². The molecule has 2 aliphatic rings. The molecule has 0 N–H and O–H groups in total. The van der Waals surface area contributed by atoms with Crippen LogP contribution >= 0.6 is 0 Å². The molecular formula is C23H39NO2. The van der Waals surface area contributed by atoms with Gasteiger partial charge in [-0.1, -0.05) is 27.2 Å². The zero-order valence-corrected chi connectivity index (χ0v) is 18.2. The molecule has 1 unspecified atom stereocenters. The van der Waals surface area contributed by atoms with Crippen LogP contribution < -0.4 is 0 Å². The molecule has 1 saturated heterocycles. The second-order valence-corrected chi connectivity index (χ2v) is 9.44. The van der Waals surface area contributed by atoms with E-state index in [1.165, 1.54) is 6.42 Å². The number of hydrogen-bond donors (Lipinski definition) is 0. The second-order valence-electron chi connectivity index (χ2n) is 9.44. The number of nitrogens with zero attached hydrogens (tertiary/aromatic N) is 1. The number of rotatable bonds is 5. The third-order valence-electron chi connectivity index (χ3n) is 6.76. The van der Waals surface area contributed by atoms with Gasteiger partial charge in [0.25, 0.3) is 5.91 Å². The van der Waals surface area contributed by atoms with Crippen molar-refractivity contribution in [2.24, 2.45) is 17.8 Å². The number of carbonyl (C=O) groups is 1. The zero-order chi connectivity index (χ0) is 19.7. The quantitative estimate of drug-likeness (QED) is 0.627. The maximum absolute atomic E-state index is 13.9. The molecule has 0 radical (unpaired) electrons. The minimum Gasteiger partial charge on any atom is -0.501 e. The highest BCUT2D eigenvalue weighted by Gasteiger charge is 2.47. The monoisotopic (exact) mass is 361 g/mol. The van der Waals surface area contributed by atoms with Gasteiger partial charge in [0.2, 0.25) is 0 Å². The van der Waals surface area contributed by atoms with Crippen LogP contribution in [-0.2, 0) is 9.53 Å². The molecule has 26 heavy (non-hydrogen) atoms. The highest BCUT2D eigenvalue weighted by Crippen LogP contribution is 2.45. The van der Waals surface area contributed by atoms with Crippen LogP contribution in [0.15, 0.2) is 23.5 Å². The number of carbonyl (C=O) groups excluding carboxylic acids is 1. The lowest BCUT2D eigenvalue weighted by Gasteiger charge is -2.54. The van der Waals surface area contributed by atoms with Crippen LogP contribution in [-0.4, -0.2) is 29.0 Å². The highest BCUT2D eigenvalue weighted by atomic mass is 16.5. The summed E-state index contributed by atoms with van der Waals surface area (Å²) < 4.78 is 5.67. The van der Waals surface area contributed by atoms with E-state index >= 15 is 0 Å². The van der Waals surface area contributed by atoms with Gasteiger partial charge in [-0.25, -0.2) is 0 Å². The summed E-state index contributed by atoms with van der Waals surface area (Å²) in [7, 11) is 1.75. The van der Waals surface area contributed by atoms with Gasteiger partial charge in [-0.2, -0.15) is 0 Å². The van der Waals surface area contributed by atoms with Gasteiger partial charge in [0, 0.05) is 28.5 Å². The molecule has 1 amide bonds. The van der Waals surface area contributed by atoms with Crippen molar-refractivity contribution in [3.63, 3.8) is 0 Å². The van der Waals surface area contributed by atoms with Crippen molar-refractivity contribution in [2.75, 3.05) is 7.11 Å². The first kappa shape index (κ1) is 21.1. The number of hydrogen-bond acceptors (Lipinski definition) is 2. The van der Waals surface area contributed by atoms with Gasteiger partial charge >= 0.3 is 0 Å². The smallest absolute Gasteiger partial charge is 0.250 e. The lowest BCUT2D eigenvalue weighted by molar-refractivity contribution is -0.145. The lowest BCUT2D eigenvalue weighted by atomic mass is 9.70. The molecule has 1 fully saturated rings. The highest BCUT2D eigenvalue weighted by molar-refractivity contribution is 5.96. The molecule has 0 aromatic carbocycles. The Morgan fingerprint density at radius 1 is 1.19 bits per heavy atom. The molecule has 0 aromatic heterocycles. The van der Waals surface area contributed by atoms with Crippen LogP contribution in [0.4, 0.5) is 0 Å². The summed E-state index contributed by atoms with van der Waals surface area (Å²) in [6, 6.07) is 0. The Labute approximate surface area is 160 Å². The molecular weight excluding hydrogens is 322 g/mol. The van der Waals surface area contributed by atoms with E-state index in [9.17, 15) is 4.79 Å². The Morgan fingerprint density at radius 3 is 2.23 bits per heavy atom. The fourth-order valence-corrected chi connectivity index (χ4v) is 5.32. The first-order valence-electron chi connectivity index (χ1n) is 10.4. The van der Waals surface area contributed by atoms with Crippen LogP contribution in [0.5, 0.6) is 0 Å².